The maximum atomic E-state index is 15.6. The van der Waals surface area contributed by atoms with E-state index in [1.54, 1.807) is 37.4 Å². The van der Waals surface area contributed by atoms with Gasteiger partial charge in [0.1, 0.15) is 35.3 Å². The first-order valence-corrected chi connectivity index (χ1v) is 33.1. The highest BCUT2D eigenvalue weighted by atomic mass is 16.7. The van der Waals surface area contributed by atoms with E-state index in [1.807, 2.05) is 6.33 Å². The smallest absolute Gasteiger partial charge is 0.261 e. The molecule has 0 radical (unpaired) electrons. The topological polar surface area (TPSA) is 260 Å². The normalized spacial score (nSPS) is 39.3. The molecule has 7 heterocycles. The molecule has 8 spiro atoms. The molecule has 1 saturated heterocycles. The van der Waals surface area contributed by atoms with Crippen molar-refractivity contribution in [3.63, 3.8) is 0 Å². The van der Waals surface area contributed by atoms with Crippen LogP contribution in [0.3, 0.4) is 0 Å². The Labute approximate surface area is 509 Å². The number of phenolic OH excluding ortho intramolecular Hbond substituents is 1. The number of carbonyl (C=O) groups excluding carboxylic acids is 3. The Kier molecular flexibility index (Phi) is 10.5. The Hall–Kier alpha value is -6.45. The number of imidazole rings is 1. The van der Waals surface area contributed by atoms with Crippen LogP contribution < -0.4 is 10.1 Å². The molecule has 16 nitrogen and oxygen atoms in total. The Balaban J connectivity index is 0.949. The average Bonchev–Trinajstić information content (AvgIpc) is 1.36. The molecule has 0 unspecified atom stereocenters. The number of Topliss-reactive ketones (excluding diaryl/α,β-unsaturated/α-hetero) is 1. The second-order valence-electron chi connectivity index (χ2n) is 30.6. The van der Waals surface area contributed by atoms with Crippen molar-refractivity contribution in [3.05, 3.63) is 116 Å². The van der Waals surface area contributed by atoms with E-state index in [2.05, 4.69) is 33.2 Å². The molecule has 10 bridgehead atoms. The fraction of sp³-hybridized carbons (Fsp3) is 0.569. The molecule has 0 amide bonds. The van der Waals surface area contributed by atoms with Crippen molar-refractivity contribution in [2.75, 3.05) is 11.9 Å². The monoisotopic (exact) mass is 1190 g/mol. The minimum Gasteiger partial charge on any atom is -0.507 e. The zero-order valence-electron chi connectivity index (χ0n) is 49.7. The average molecular weight is 1190 g/mol. The maximum absolute atomic E-state index is 15.6. The van der Waals surface area contributed by atoms with Gasteiger partial charge < -0.3 is 55.4 Å². The molecular weight excluding hydrogens is 1110 g/mol. The van der Waals surface area contributed by atoms with Crippen LogP contribution in [0.4, 0.5) is 5.82 Å². The van der Waals surface area contributed by atoms with Gasteiger partial charge in [0.05, 0.1) is 46.5 Å². The number of rotatable bonds is 0. The molecule has 7 fully saturated rings. The second kappa shape index (κ2) is 17.3. The quantitative estimate of drug-likeness (QED) is 0.0643. The molecule has 15 aliphatic rings. The highest BCUT2D eigenvalue weighted by Gasteiger charge is 2.78. The van der Waals surface area contributed by atoms with Crippen LogP contribution in [-0.4, -0.2) is 116 Å². The number of nitrogens with zero attached hydrogens (tertiary/aromatic N) is 2. The number of aryl methyl sites for hydroxylation is 1. The number of fused-ring (bicyclic) bond motifs is 9. The van der Waals surface area contributed by atoms with Crippen LogP contribution in [0.1, 0.15) is 213 Å². The van der Waals surface area contributed by atoms with Crippen molar-refractivity contribution < 1.29 is 54.5 Å². The van der Waals surface area contributed by atoms with Crippen LogP contribution in [0.25, 0.3) is 16.3 Å². The number of H-pyrrole nitrogens is 2. The van der Waals surface area contributed by atoms with Crippen molar-refractivity contribution in [2.45, 2.75) is 207 Å². The predicted molar refractivity (Wildman–Crippen MR) is 321 cm³/mol. The van der Waals surface area contributed by atoms with E-state index >= 15 is 9.59 Å². The lowest BCUT2D eigenvalue weighted by Gasteiger charge is -2.64. The molecule has 454 valence electrons. The first-order chi connectivity index (χ1) is 42.5. The molecule has 5 aromatic rings. The van der Waals surface area contributed by atoms with Gasteiger partial charge in [0.2, 0.25) is 5.78 Å². The number of aliphatic hydroxyl groups is 5. The molecule has 6 saturated carbocycles. The summed E-state index contributed by atoms with van der Waals surface area (Å²) in [5.74, 6) is 3.79. The number of hydrogen-bond acceptors (Lipinski definition) is 14. The fourth-order valence-electron chi connectivity index (χ4n) is 23.6. The fourth-order valence-corrected chi connectivity index (χ4v) is 23.6. The number of ether oxygens (including phenoxy) is 2. The number of benzene rings is 2. The summed E-state index contributed by atoms with van der Waals surface area (Å²) in [6.45, 7) is 1.70. The van der Waals surface area contributed by atoms with Crippen molar-refractivity contribution >= 4 is 39.5 Å². The molecule has 16 heteroatoms. The number of aromatic hydroxyl groups is 1. The summed E-state index contributed by atoms with van der Waals surface area (Å²) in [5, 5.41) is 85.2. The lowest BCUT2D eigenvalue weighted by molar-refractivity contribution is -0.366. The second-order valence-corrected chi connectivity index (χ2v) is 30.6. The van der Waals surface area contributed by atoms with E-state index in [0.29, 0.717) is 89.7 Å². The molecular formula is C72H75N5O11. The zero-order valence-corrected chi connectivity index (χ0v) is 49.7. The number of nitrogens with one attached hydrogen (secondary N) is 3. The summed E-state index contributed by atoms with van der Waals surface area (Å²) < 4.78 is 15.2. The van der Waals surface area contributed by atoms with Crippen LogP contribution >= 0.6 is 0 Å². The Morgan fingerprint density at radius 1 is 0.784 bits per heavy atom. The summed E-state index contributed by atoms with van der Waals surface area (Å²) in [6.07, 6.45) is 14.1. The SMILES string of the molecule is Cc1cc(O)c2c(c1)C(=O)c1c(c3cc4c(nccc14)NC[C@H](O)[C@]14CC5(CCCC5)[C@@H]5C#CC[C@H]6CCC[C@@H]7CC8(CCC(=O)CC8)c8nc[nH]c8[C@@]76c6cc(c([nH]6)C6=C[C@@]7(O3)O[C@@]3(C6=C1C[C@@]1(CCC6(CCCC6)C1)[C@@H]3O)[C@@H](O)[C@H](O)[C@H]7O)[C@H]54)C2=O. The lowest BCUT2D eigenvalue weighted by Crippen LogP contribution is -2.79. The summed E-state index contributed by atoms with van der Waals surface area (Å²) >= 11 is 0. The van der Waals surface area contributed by atoms with E-state index in [1.165, 1.54) is 6.07 Å². The standard InChI is InChI=1S/C72H75N5O11/c1-35-24-41-50(46(79)25-35)57(82)52-47-26-40-39(51(52)56(41)81)14-23-73-63(40)74-31-49(80)69-33-67(17-4-5-18-67)44-11-7-9-36-8-6-10-37-28-66(19-12-38(78)13-20-66)59-60(76-34-75-59)71(36,37)48-27-42(53(44)69)55(77-48)43-29-70(87-47)61(84)58(83)62(85)72(88-70)54(43)45(69)30-68(64(72)86)22-21-65(32-68)15-2-3-16-65/h14,23-27,29,34,36-37,44,49,53,58,61-62,64,77,79-80,83-86H,2-6,8-10,12-13,15-22,28,30-33H2,1H3,(H,73,74)(H,75,76)/t36-,37-,44-,49+,53-,58-,61-,62+,64+,68-,69+,70-,71-,72+/m1/s1. The lowest BCUT2D eigenvalue weighted by atomic mass is 9.47. The van der Waals surface area contributed by atoms with Gasteiger partial charge in [0, 0.05) is 93.6 Å². The van der Waals surface area contributed by atoms with Gasteiger partial charge in [-0.05, 0) is 178 Å². The number of phenols is 1. The molecule has 14 atom stereocenters. The van der Waals surface area contributed by atoms with E-state index in [4.69, 9.17) is 19.4 Å². The van der Waals surface area contributed by atoms with Gasteiger partial charge in [-0.2, -0.15) is 0 Å². The molecule has 11 aliphatic carbocycles. The molecule has 4 aliphatic heterocycles. The van der Waals surface area contributed by atoms with Crippen molar-refractivity contribution in [1.29, 1.82) is 0 Å². The molecule has 2 aromatic carbocycles. The maximum Gasteiger partial charge on any atom is 0.261 e. The highest BCUT2D eigenvalue weighted by molar-refractivity contribution is 6.34. The number of hydrogen-bond donors (Lipinski definition) is 9. The van der Waals surface area contributed by atoms with Crippen LogP contribution in [-0.2, 0) is 20.4 Å². The Morgan fingerprint density at radius 3 is 2.40 bits per heavy atom. The predicted octanol–water partition coefficient (Wildman–Crippen LogP) is 9.24. The number of aliphatic hydroxyl groups excluding tert-OH is 5. The zero-order chi connectivity index (χ0) is 59.6. The Morgan fingerprint density at radius 2 is 1.58 bits per heavy atom. The minimum atomic E-state index is -2.51. The summed E-state index contributed by atoms with van der Waals surface area (Å²) in [4.78, 5) is 62.4. The summed E-state index contributed by atoms with van der Waals surface area (Å²) in [5.41, 5.74) is 0.885. The van der Waals surface area contributed by atoms with Crippen molar-refractivity contribution in [1.82, 2.24) is 19.9 Å². The third-order valence-corrected chi connectivity index (χ3v) is 26.9. The summed E-state index contributed by atoms with van der Waals surface area (Å²) in [7, 11) is 0. The van der Waals surface area contributed by atoms with Gasteiger partial charge in [-0.3, -0.25) is 14.4 Å². The van der Waals surface area contributed by atoms with Crippen molar-refractivity contribution in [3.8, 4) is 23.3 Å². The first kappa shape index (κ1) is 53.4. The van der Waals surface area contributed by atoms with Gasteiger partial charge in [-0.25, -0.2) is 9.97 Å². The van der Waals surface area contributed by atoms with Gasteiger partial charge in [0.25, 0.3) is 5.79 Å². The first-order valence-electron chi connectivity index (χ1n) is 33.1. The van der Waals surface area contributed by atoms with Crippen LogP contribution in [0.5, 0.6) is 11.5 Å². The number of ketones is 3. The number of aromatic nitrogens is 4. The van der Waals surface area contributed by atoms with E-state index in [-0.39, 0.29) is 74.3 Å². The van der Waals surface area contributed by atoms with Gasteiger partial charge in [0.15, 0.2) is 17.5 Å². The molecule has 9 N–H and O–H groups in total. The van der Waals surface area contributed by atoms with E-state index in [9.17, 15) is 35.4 Å². The van der Waals surface area contributed by atoms with Gasteiger partial charge >= 0.3 is 0 Å². The minimum absolute atomic E-state index is 0.0107. The number of anilines is 1. The molecule has 3 aromatic heterocycles. The molecule has 88 heavy (non-hydrogen) atoms. The van der Waals surface area contributed by atoms with Crippen LogP contribution in [0.2, 0.25) is 0 Å². The largest absolute Gasteiger partial charge is 0.507 e. The number of pyridine rings is 1. The van der Waals surface area contributed by atoms with Crippen molar-refractivity contribution in [2.24, 2.45) is 39.4 Å². The van der Waals surface area contributed by atoms with Crippen LogP contribution in [0, 0.1) is 58.2 Å². The molecule has 20 rings (SSSR count). The number of aromatic amines is 2. The van der Waals surface area contributed by atoms with Gasteiger partial charge in [-0.15, -0.1) is 5.92 Å². The van der Waals surface area contributed by atoms with E-state index < -0.39 is 75.6 Å². The number of carbonyl (C=O) groups is 3. The third-order valence-electron chi connectivity index (χ3n) is 26.9. The summed E-state index contributed by atoms with van der Waals surface area (Å²) in [6, 6.07) is 8.68. The highest BCUT2D eigenvalue weighted by Crippen LogP contribution is 2.78. The third kappa shape index (κ3) is 6.19. The van der Waals surface area contributed by atoms with Crippen LogP contribution in [0.15, 0.2) is 60.1 Å². The van der Waals surface area contributed by atoms with E-state index in [0.717, 1.165) is 125 Å². The van der Waals surface area contributed by atoms with Gasteiger partial charge in [-0.1, -0.05) is 43.6 Å². The Bertz CT molecular complexity index is 4160.